The quantitative estimate of drug-likeness (QED) is 0.438. The highest BCUT2D eigenvalue weighted by atomic mass is 16.5. The fraction of sp³-hybridized carbons (Fsp3) is 0.471. The normalized spacial score (nSPS) is 9.87. The fourth-order valence-corrected chi connectivity index (χ4v) is 2.00. The fourth-order valence-electron chi connectivity index (χ4n) is 2.00. The molecule has 0 aliphatic heterocycles. The summed E-state index contributed by atoms with van der Waals surface area (Å²) in [5.74, 6) is -0.702. The standard InChI is InChI=1S/C17H25N3O3/c1-4-6-14(7-5-2)19-20-17(22)16(21)18-12-13-8-10-15(23-3)11-9-13/h8-11H,4-7,12H2,1-3H3,(H,18,21)(H,20,22). The topological polar surface area (TPSA) is 79.8 Å². The summed E-state index contributed by atoms with van der Waals surface area (Å²) in [5, 5.41) is 6.60. The smallest absolute Gasteiger partial charge is 0.329 e. The molecule has 1 aromatic rings. The number of hydrogen-bond donors (Lipinski definition) is 2. The van der Waals surface area contributed by atoms with Gasteiger partial charge in [0.25, 0.3) is 0 Å². The van der Waals surface area contributed by atoms with Crippen molar-refractivity contribution in [2.24, 2.45) is 5.10 Å². The number of carbonyl (C=O) groups excluding carboxylic acids is 2. The number of amides is 2. The van der Waals surface area contributed by atoms with Crippen molar-refractivity contribution in [1.82, 2.24) is 10.7 Å². The van der Waals surface area contributed by atoms with E-state index in [0.717, 1.165) is 42.7 Å². The van der Waals surface area contributed by atoms with Gasteiger partial charge in [0.15, 0.2) is 0 Å². The van der Waals surface area contributed by atoms with Crippen LogP contribution in [0.5, 0.6) is 5.75 Å². The predicted octanol–water partition coefficient (Wildman–Crippen LogP) is 2.38. The zero-order valence-electron chi connectivity index (χ0n) is 14.0. The summed E-state index contributed by atoms with van der Waals surface area (Å²) in [4.78, 5) is 23.5. The number of hydrazone groups is 1. The summed E-state index contributed by atoms with van der Waals surface area (Å²) in [7, 11) is 1.59. The first-order chi connectivity index (χ1) is 11.1. The summed E-state index contributed by atoms with van der Waals surface area (Å²) in [6.45, 7) is 4.37. The van der Waals surface area contributed by atoms with Crippen molar-refractivity contribution in [2.45, 2.75) is 46.1 Å². The molecule has 0 spiro atoms. The lowest BCUT2D eigenvalue weighted by Crippen LogP contribution is -2.37. The summed E-state index contributed by atoms with van der Waals surface area (Å²) < 4.78 is 5.06. The molecule has 0 aromatic heterocycles. The van der Waals surface area contributed by atoms with Crippen molar-refractivity contribution < 1.29 is 14.3 Å². The van der Waals surface area contributed by atoms with E-state index in [1.807, 2.05) is 12.1 Å². The van der Waals surface area contributed by atoms with E-state index in [2.05, 4.69) is 29.7 Å². The van der Waals surface area contributed by atoms with Gasteiger partial charge in [0.05, 0.1) is 7.11 Å². The van der Waals surface area contributed by atoms with E-state index in [1.165, 1.54) is 0 Å². The van der Waals surface area contributed by atoms with Crippen LogP contribution in [0.1, 0.15) is 45.1 Å². The molecule has 6 heteroatoms. The van der Waals surface area contributed by atoms with Crippen molar-refractivity contribution in [3.8, 4) is 5.75 Å². The van der Waals surface area contributed by atoms with Crippen LogP contribution < -0.4 is 15.5 Å². The molecule has 0 saturated carbocycles. The Labute approximate surface area is 137 Å². The Morgan fingerprint density at radius 1 is 1.04 bits per heavy atom. The predicted molar refractivity (Wildman–Crippen MR) is 90.2 cm³/mol. The molecule has 0 radical (unpaired) electrons. The maximum Gasteiger partial charge on any atom is 0.329 e. The molecule has 23 heavy (non-hydrogen) atoms. The molecule has 126 valence electrons. The highest BCUT2D eigenvalue weighted by Crippen LogP contribution is 2.10. The number of hydrogen-bond acceptors (Lipinski definition) is 4. The SMILES string of the molecule is CCCC(CCC)=NNC(=O)C(=O)NCc1ccc(OC)cc1. The molecule has 2 N–H and O–H groups in total. The number of nitrogens with zero attached hydrogens (tertiary/aromatic N) is 1. The molecule has 0 unspecified atom stereocenters. The van der Waals surface area contributed by atoms with Gasteiger partial charge < -0.3 is 10.1 Å². The van der Waals surface area contributed by atoms with Gasteiger partial charge in [-0.15, -0.1) is 0 Å². The van der Waals surface area contributed by atoms with E-state index in [0.29, 0.717) is 0 Å². The van der Waals surface area contributed by atoms with Crippen LogP contribution >= 0.6 is 0 Å². The first-order valence-electron chi connectivity index (χ1n) is 7.87. The molecule has 0 saturated heterocycles. The number of carbonyl (C=O) groups is 2. The van der Waals surface area contributed by atoms with Crippen LogP contribution in [-0.4, -0.2) is 24.6 Å². The van der Waals surface area contributed by atoms with E-state index < -0.39 is 11.8 Å². The second-order valence-corrected chi connectivity index (χ2v) is 5.15. The lowest BCUT2D eigenvalue weighted by atomic mass is 10.1. The highest BCUT2D eigenvalue weighted by Gasteiger charge is 2.12. The van der Waals surface area contributed by atoms with Crippen LogP contribution in [0, 0.1) is 0 Å². The number of ether oxygens (including phenoxy) is 1. The van der Waals surface area contributed by atoms with E-state index in [-0.39, 0.29) is 6.54 Å². The molecule has 1 aromatic carbocycles. The van der Waals surface area contributed by atoms with Gasteiger partial charge in [0, 0.05) is 12.3 Å². The summed E-state index contributed by atoms with van der Waals surface area (Å²) in [6.07, 6.45) is 3.56. The van der Waals surface area contributed by atoms with Gasteiger partial charge in [-0.2, -0.15) is 5.10 Å². The molecule has 0 heterocycles. The third-order valence-corrected chi connectivity index (χ3v) is 3.21. The van der Waals surface area contributed by atoms with Crippen LogP contribution in [0.2, 0.25) is 0 Å². The van der Waals surface area contributed by atoms with Crippen molar-refractivity contribution in [2.75, 3.05) is 7.11 Å². The monoisotopic (exact) mass is 319 g/mol. The summed E-state index contributed by atoms with van der Waals surface area (Å²) >= 11 is 0. The zero-order chi connectivity index (χ0) is 17.1. The molecule has 2 amide bonds. The van der Waals surface area contributed by atoms with Crippen LogP contribution in [0.4, 0.5) is 0 Å². The first kappa shape index (κ1) is 18.7. The minimum absolute atomic E-state index is 0.275. The van der Waals surface area contributed by atoms with Crippen LogP contribution in [0.25, 0.3) is 0 Å². The third-order valence-electron chi connectivity index (χ3n) is 3.21. The van der Waals surface area contributed by atoms with Crippen LogP contribution in [0.15, 0.2) is 29.4 Å². The molecular weight excluding hydrogens is 294 g/mol. The van der Waals surface area contributed by atoms with E-state index in [4.69, 9.17) is 4.74 Å². The number of rotatable bonds is 8. The van der Waals surface area contributed by atoms with Crippen molar-refractivity contribution in [1.29, 1.82) is 0 Å². The molecular formula is C17H25N3O3. The van der Waals surface area contributed by atoms with Crippen molar-refractivity contribution >= 4 is 17.5 Å². The minimum atomic E-state index is -0.747. The maximum atomic E-state index is 11.8. The Hall–Kier alpha value is -2.37. The van der Waals surface area contributed by atoms with Gasteiger partial charge in [-0.05, 0) is 30.5 Å². The second kappa shape index (κ2) is 10.4. The van der Waals surface area contributed by atoms with Crippen molar-refractivity contribution in [3.05, 3.63) is 29.8 Å². The molecule has 0 aliphatic rings. The lowest BCUT2D eigenvalue weighted by Gasteiger charge is -2.07. The van der Waals surface area contributed by atoms with Gasteiger partial charge in [-0.25, -0.2) is 5.43 Å². The van der Waals surface area contributed by atoms with Gasteiger partial charge >= 0.3 is 11.8 Å². The van der Waals surface area contributed by atoms with Crippen LogP contribution in [0.3, 0.4) is 0 Å². The Balaban J connectivity index is 2.46. The molecule has 0 bridgehead atoms. The van der Waals surface area contributed by atoms with Gasteiger partial charge in [-0.3, -0.25) is 9.59 Å². The van der Waals surface area contributed by atoms with E-state index in [9.17, 15) is 9.59 Å². The minimum Gasteiger partial charge on any atom is -0.497 e. The van der Waals surface area contributed by atoms with Gasteiger partial charge in [0.2, 0.25) is 0 Å². The van der Waals surface area contributed by atoms with Crippen molar-refractivity contribution in [3.63, 3.8) is 0 Å². The molecule has 1 rings (SSSR count). The third kappa shape index (κ3) is 6.95. The Kier molecular flexibility index (Phi) is 8.42. The number of methoxy groups -OCH3 is 1. The highest BCUT2D eigenvalue weighted by molar-refractivity contribution is 6.35. The molecule has 6 nitrogen and oxygen atoms in total. The van der Waals surface area contributed by atoms with E-state index >= 15 is 0 Å². The summed E-state index contributed by atoms with van der Waals surface area (Å²) in [6, 6.07) is 7.26. The Morgan fingerprint density at radius 2 is 1.65 bits per heavy atom. The Morgan fingerprint density at radius 3 is 2.17 bits per heavy atom. The second-order valence-electron chi connectivity index (χ2n) is 5.15. The van der Waals surface area contributed by atoms with Gasteiger partial charge in [-0.1, -0.05) is 38.8 Å². The van der Waals surface area contributed by atoms with E-state index in [1.54, 1.807) is 19.2 Å². The zero-order valence-corrected chi connectivity index (χ0v) is 14.0. The molecule has 0 atom stereocenters. The summed E-state index contributed by atoms with van der Waals surface area (Å²) in [5.41, 5.74) is 4.11. The first-order valence-corrected chi connectivity index (χ1v) is 7.87. The van der Waals surface area contributed by atoms with Gasteiger partial charge in [0.1, 0.15) is 5.75 Å². The molecule has 0 fully saturated rings. The average Bonchev–Trinajstić information content (AvgIpc) is 2.58. The molecule has 0 aliphatic carbocycles. The number of nitrogens with one attached hydrogen (secondary N) is 2. The van der Waals surface area contributed by atoms with Crippen LogP contribution in [-0.2, 0) is 16.1 Å². The average molecular weight is 319 g/mol. The number of benzene rings is 1. The Bertz CT molecular complexity index is 531. The lowest BCUT2D eigenvalue weighted by molar-refractivity contribution is -0.139. The maximum absolute atomic E-state index is 11.8. The largest absolute Gasteiger partial charge is 0.497 e.